The highest BCUT2D eigenvalue weighted by Gasteiger charge is 2.14. The van der Waals surface area contributed by atoms with E-state index in [2.05, 4.69) is 15.1 Å². The molecular formula is C24H21ClN4OS. The average molecular weight is 449 g/mol. The lowest BCUT2D eigenvalue weighted by Crippen LogP contribution is -2.21. The maximum atomic E-state index is 12.4. The number of halogens is 1. The van der Waals surface area contributed by atoms with Crippen molar-refractivity contribution in [2.45, 2.75) is 18.6 Å². The first kappa shape index (κ1) is 21.2. The van der Waals surface area contributed by atoms with E-state index in [0.717, 1.165) is 33.0 Å². The van der Waals surface area contributed by atoms with Crippen LogP contribution in [0.3, 0.4) is 0 Å². The Bertz CT molecular complexity index is 1240. The third-order valence-corrected chi connectivity index (χ3v) is 6.12. The zero-order valence-electron chi connectivity index (χ0n) is 17.0. The molecule has 1 heterocycles. The summed E-state index contributed by atoms with van der Waals surface area (Å²) in [6.07, 6.45) is 0. The van der Waals surface area contributed by atoms with Crippen molar-refractivity contribution < 1.29 is 4.79 Å². The SMILES string of the molecule is C/C(=N/NC(=O)CSc1nc2ccccc2n1Cc1ccccc1Cl)c1ccccc1. The number of fused-ring (bicyclic) bond motifs is 1. The molecule has 1 amide bonds. The molecule has 0 spiro atoms. The Labute approximate surface area is 190 Å². The molecule has 0 saturated heterocycles. The van der Waals surface area contributed by atoms with Gasteiger partial charge in [0.25, 0.3) is 5.91 Å². The maximum Gasteiger partial charge on any atom is 0.250 e. The number of aromatic nitrogens is 2. The minimum Gasteiger partial charge on any atom is -0.314 e. The fraction of sp³-hybridized carbons (Fsp3) is 0.125. The Morgan fingerprint density at radius 2 is 1.74 bits per heavy atom. The summed E-state index contributed by atoms with van der Waals surface area (Å²) in [6.45, 7) is 2.45. The Kier molecular flexibility index (Phi) is 6.70. The minimum atomic E-state index is -0.184. The molecule has 4 rings (SSSR count). The number of amides is 1. The number of carbonyl (C=O) groups is 1. The molecule has 0 fully saturated rings. The van der Waals surface area contributed by atoms with Crippen molar-refractivity contribution in [3.05, 3.63) is 95.0 Å². The van der Waals surface area contributed by atoms with Gasteiger partial charge in [-0.05, 0) is 36.2 Å². The number of nitrogens with zero attached hydrogens (tertiary/aromatic N) is 3. The van der Waals surface area contributed by atoms with E-state index in [0.29, 0.717) is 11.6 Å². The lowest BCUT2D eigenvalue weighted by molar-refractivity contribution is -0.118. The summed E-state index contributed by atoms with van der Waals surface area (Å²) in [5, 5.41) is 5.68. The summed E-state index contributed by atoms with van der Waals surface area (Å²) in [6, 6.07) is 25.4. The first-order valence-corrected chi connectivity index (χ1v) is 11.2. The molecule has 3 aromatic carbocycles. The van der Waals surface area contributed by atoms with E-state index in [1.807, 2.05) is 85.8 Å². The van der Waals surface area contributed by atoms with Gasteiger partial charge in [0.2, 0.25) is 0 Å². The van der Waals surface area contributed by atoms with Gasteiger partial charge in [-0.15, -0.1) is 0 Å². The van der Waals surface area contributed by atoms with Crippen LogP contribution in [0.25, 0.3) is 11.0 Å². The monoisotopic (exact) mass is 448 g/mol. The number of thioether (sulfide) groups is 1. The molecule has 0 radical (unpaired) electrons. The largest absolute Gasteiger partial charge is 0.314 e. The normalized spacial score (nSPS) is 11.6. The van der Waals surface area contributed by atoms with Crippen molar-refractivity contribution in [1.82, 2.24) is 15.0 Å². The maximum absolute atomic E-state index is 12.4. The van der Waals surface area contributed by atoms with Crippen LogP contribution in [0.4, 0.5) is 0 Å². The number of rotatable bonds is 7. The topological polar surface area (TPSA) is 59.3 Å². The summed E-state index contributed by atoms with van der Waals surface area (Å²) in [5.74, 6) is 0.0221. The Morgan fingerprint density at radius 1 is 1.03 bits per heavy atom. The number of hydrogen-bond donors (Lipinski definition) is 1. The van der Waals surface area contributed by atoms with Crippen LogP contribution in [0.5, 0.6) is 0 Å². The quantitative estimate of drug-likeness (QED) is 0.235. The summed E-state index contributed by atoms with van der Waals surface area (Å²) < 4.78 is 2.09. The molecule has 7 heteroatoms. The van der Waals surface area contributed by atoms with E-state index in [1.54, 1.807) is 0 Å². The first-order valence-electron chi connectivity index (χ1n) is 9.82. The van der Waals surface area contributed by atoms with Crippen LogP contribution in [0.15, 0.2) is 89.1 Å². The molecule has 1 aromatic heterocycles. The van der Waals surface area contributed by atoms with Crippen LogP contribution >= 0.6 is 23.4 Å². The van der Waals surface area contributed by atoms with Gasteiger partial charge in [-0.25, -0.2) is 10.4 Å². The zero-order chi connectivity index (χ0) is 21.6. The van der Waals surface area contributed by atoms with E-state index in [4.69, 9.17) is 16.6 Å². The van der Waals surface area contributed by atoms with Crippen LogP contribution in [0.1, 0.15) is 18.1 Å². The number of benzene rings is 3. The van der Waals surface area contributed by atoms with Crippen LogP contribution in [0.2, 0.25) is 5.02 Å². The van der Waals surface area contributed by atoms with Gasteiger partial charge in [0.15, 0.2) is 5.16 Å². The molecule has 0 bridgehead atoms. The van der Waals surface area contributed by atoms with E-state index >= 15 is 0 Å². The highest BCUT2D eigenvalue weighted by atomic mass is 35.5. The molecule has 1 N–H and O–H groups in total. The van der Waals surface area contributed by atoms with Crippen LogP contribution in [-0.2, 0) is 11.3 Å². The highest BCUT2D eigenvalue weighted by Crippen LogP contribution is 2.27. The fourth-order valence-electron chi connectivity index (χ4n) is 3.17. The van der Waals surface area contributed by atoms with Gasteiger partial charge in [0.05, 0.1) is 29.0 Å². The smallest absolute Gasteiger partial charge is 0.250 e. The van der Waals surface area contributed by atoms with Crippen molar-refractivity contribution in [3.8, 4) is 0 Å². The molecule has 0 aliphatic rings. The summed E-state index contributed by atoms with van der Waals surface area (Å²) in [4.78, 5) is 17.1. The Hall–Kier alpha value is -3.09. The third kappa shape index (κ3) is 5.16. The minimum absolute atomic E-state index is 0.184. The van der Waals surface area contributed by atoms with Gasteiger partial charge < -0.3 is 4.57 Å². The first-order chi connectivity index (χ1) is 15.1. The average Bonchev–Trinajstić information content (AvgIpc) is 3.15. The summed E-state index contributed by atoms with van der Waals surface area (Å²) in [7, 11) is 0. The molecule has 0 unspecified atom stereocenters. The highest BCUT2D eigenvalue weighted by molar-refractivity contribution is 7.99. The Balaban J connectivity index is 1.49. The van der Waals surface area contributed by atoms with Crippen molar-refractivity contribution >= 4 is 46.0 Å². The Morgan fingerprint density at radius 3 is 2.55 bits per heavy atom. The lowest BCUT2D eigenvalue weighted by Gasteiger charge is -2.10. The van der Waals surface area contributed by atoms with Gasteiger partial charge in [-0.1, -0.05) is 84.0 Å². The van der Waals surface area contributed by atoms with E-state index in [-0.39, 0.29) is 11.7 Å². The molecule has 0 aliphatic carbocycles. The molecule has 31 heavy (non-hydrogen) atoms. The standard InChI is InChI=1S/C24H21ClN4OS/c1-17(18-9-3-2-4-10-18)27-28-23(30)16-31-24-26-21-13-7-8-14-22(21)29(24)15-19-11-5-6-12-20(19)25/h2-14H,15-16H2,1H3,(H,28,30)/b27-17-. The predicted octanol–water partition coefficient (Wildman–Crippen LogP) is 5.37. The van der Waals surface area contributed by atoms with Gasteiger partial charge in [-0.2, -0.15) is 5.10 Å². The van der Waals surface area contributed by atoms with E-state index in [9.17, 15) is 4.79 Å². The third-order valence-electron chi connectivity index (χ3n) is 4.78. The second-order valence-electron chi connectivity index (χ2n) is 6.95. The number of nitrogens with one attached hydrogen (secondary N) is 1. The van der Waals surface area contributed by atoms with Gasteiger partial charge >= 0.3 is 0 Å². The van der Waals surface area contributed by atoms with Crippen LogP contribution in [0, 0.1) is 0 Å². The number of hydrazone groups is 1. The second kappa shape index (κ2) is 9.81. The molecule has 156 valence electrons. The van der Waals surface area contributed by atoms with Crippen molar-refractivity contribution in [1.29, 1.82) is 0 Å². The van der Waals surface area contributed by atoms with E-state index in [1.165, 1.54) is 11.8 Å². The number of imidazole rings is 1. The molecule has 4 aromatic rings. The van der Waals surface area contributed by atoms with Crippen molar-refractivity contribution in [3.63, 3.8) is 0 Å². The number of para-hydroxylation sites is 2. The number of hydrogen-bond acceptors (Lipinski definition) is 4. The second-order valence-corrected chi connectivity index (χ2v) is 8.30. The van der Waals surface area contributed by atoms with Crippen molar-refractivity contribution in [2.75, 3.05) is 5.75 Å². The van der Waals surface area contributed by atoms with Crippen LogP contribution in [-0.4, -0.2) is 26.9 Å². The molecule has 0 atom stereocenters. The molecule has 0 saturated carbocycles. The number of carbonyl (C=O) groups excluding carboxylic acids is 1. The van der Waals surface area contributed by atoms with Crippen molar-refractivity contribution in [2.24, 2.45) is 5.10 Å². The lowest BCUT2D eigenvalue weighted by atomic mass is 10.1. The summed E-state index contributed by atoms with van der Waals surface area (Å²) in [5.41, 5.74) is 7.25. The molecule has 0 aliphatic heterocycles. The summed E-state index contributed by atoms with van der Waals surface area (Å²) >= 11 is 7.76. The zero-order valence-corrected chi connectivity index (χ0v) is 18.5. The molecule has 5 nitrogen and oxygen atoms in total. The fourth-order valence-corrected chi connectivity index (χ4v) is 4.17. The van der Waals surface area contributed by atoms with Crippen LogP contribution < -0.4 is 5.43 Å². The van der Waals surface area contributed by atoms with Gasteiger partial charge in [-0.3, -0.25) is 4.79 Å². The van der Waals surface area contributed by atoms with Gasteiger partial charge in [0.1, 0.15) is 0 Å². The molecular weight excluding hydrogens is 428 g/mol. The van der Waals surface area contributed by atoms with Gasteiger partial charge in [0, 0.05) is 5.02 Å². The van der Waals surface area contributed by atoms with E-state index < -0.39 is 0 Å². The predicted molar refractivity (Wildman–Crippen MR) is 128 cm³/mol.